The van der Waals surface area contributed by atoms with E-state index in [-0.39, 0.29) is 17.0 Å². The highest BCUT2D eigenvalue weighted by molar-refractivity contribution is 6.31. The minimum absolute atomic E-state index is 0.00848. The van der Waals surface area contributed by atoms with Crippen LogP contribution in [-0.2, 0) is 10.2 Å². The Kier molecular flexibility index (Phi) is 3.08. The second-order valence-corrected chi connectivity index (χ2v) is 4.76. The van der Waals surface area contributed by atoms with Crippen molar-refractivity contribution in [3.8, 4) is 0 Å². The van der Waals surface area contributed by atoms with E-state index in [1.807, 2.05) is 0 Å². The molecule has 17 heavy (non-hydrogen) atoms. The van der Waals surface area contributed by atoms with Crippen LogP contribution in [0.15, 0.2) is 18.2 Å². The highest BCUT2D eigenvalue weighted by Gasteiger charge is 2.48. The molecule has 1 aliphatic carbocycles. The van der Waals surface area contributed by atoms with Crippen molar-refractivity contribution in [3.05, 3.63) is 34.3 Å². The number of carboxylic acid groups (broad SMARTS) is 1. The van der Waals surface area contributed by atoms with Gasteiger partial charge in [-0.3, -0.25) is 4.79 Å². The van der Waals surface area contributed by atoms with E-state index in [9.17, 15) is 13.6 Å². The summed E-state index contributed by atoms with van der Waals surface area (Å²) in [6.07, 6.45) is -1.55. The van der Waals surface area contributed by atoms with Gasteiger partial charge in [0.2, 0.25) is 0 Å². The van der Waals surface area contributed by atoms with Gasteiger partial charge in [0.1, 0.15) is 0 Å². The van der Waals surface area contributed by atoms with Crippen LogP contribution >= 0.6 is 11.6 Å². The van der Waals surface area contributed by atoms with Crippen molar-refractivity contribution < 1.29 is 18.7 Å². The fourth-order valence-electron chi connectivity index (χ4n) is 2.20. The zero-order valence-electron chi connectivity index (χ0n) is 8.92. The molecule has 0 bridgehead atoms. The van der Waals surface area contributed by atoms with Crippen molar-refractivity contribution in [1.82, 2.24) is 0 Å². The Bertz CT molecular complexity index is 456. The Hall–Kier alpha value is -1.16. The molecule has 0 unspecified atom stereocenters. The third kappa shape index (κ3) is 2.27. The predicted octanol–water partition coefficient (Wildman–Crippen LogP) is 3.78. The van der Waals surface area contributed by atoms with E-state index in [1.165, 1.54) is 6.07 Å². The number of carbonyl (C=O) groups is 1. The van der Waals surface area contributed by atoms with Crippen LogP contribution < -0.4 is 0 Å². The summed E-state index contributed by atoms with van der Waals surface area (Å²) in [5, 5.41) is 8.84. The van der Waals surface area contributed by atoms with E-state index in [1.54, 1.807) is 12.1 Å². The van der Waals surface area contributed by atoms with Crippen molar-refractivity contribution in [3.63, 3.8) is 0 Å². The number of hydrogen-bond acceptors (Lipinski definition) is 1. The maximum absolute atomic E-state index is 13.0. The van der Waals surface area contributed by atoms with Crippen molar-refractivity contribution in [2.45, 2.75) is 31.1 Å². The summed E-state index contributed by atoms with van der Waals surface area (Å²) in [4.78, 5) is 10.8. The molecule has 0 spiro atoms. The van der Waals surface area contributed by atoms with Crippen LogP contribution in [0.25, 0.3) is 0 Å². The third-order valence-electron chi connectivity index (χ3n) is 3.19. The lowest BCUT2D eigenvalue weighted by molar-refractivity contribution is -0.137. The minimum Gasteiger partial charge on any atom is -0.481 e. The van der Waals surface area contributed by atoms with Crippen LogP contribution in [0.3, 0.4) is 0 Å². The molecule has 1 aliphatic rings. The molecular weight excluding hydrogens is 250 g/mol. The largest absolute Gasteiger partial charge is 0.481 e. The maximum atomic E-state index is 13.0. The smallest absolute Gasteiger partial charge is 0.304 e. The molecule has 0 heterocycles. The van der Waals surface area contributed by atoms with Crippen LogP contribution in [0.4, 0.5) is 8.78 Å². The van der Waals surface area contributed by atoms with Gasteiger partial charge >= 0.3 is 5.97 Å². The molecule has 2 nitrogen and oxygen atoms in total. The van der Waals surface area contributed by atoms with Crippen molar-refractivity contribution in [2.75, 3.05) is 0 Å². The van der Waals surface area contributed by atoms with Crippen molar-refractivity contribution in [1.29, 1.82) is 0 Å². The molecule has 0 atom stereocenters. The Morgan fingerprint density at radius 3 is 2.59 bits per heavy atom. The molecule has 0 radical (unpaired) electrons. The first-order valence-corrected chi connectivity index (χ1v) is 5.63. The van der Waals surface area contributed by atoms with Crippen molar-refractivity contribution >= 4 is 17.6 Å². The molecular formula is C12H11ClF2O2. The van der Waals surface area contributed by atoms with E-state index in [4.69, 9.17) is 16.7 Å². The summed E-state index contributed by atoms with van der Waals surface area (Å²) in [5.41, 5.74) is -0.460. The first-order chi connectivity index (χ1) is 7.96. The summed E-state index contributed by atoms with van der Waals surface area (Å²) in [6, 6.07) is 4.55. The Balaban J connectivity index is 2.45. The Labute approximate surface area is 102 Å². The van der Waals surface area contributed by atoms with Crippen LogP contribution in [0.1, 0.15) is 36.8 Å². The lowest BCUT2D eigenvalue weighted by atomic mass is 9.88. The number of hydrogen-bond donors (Lipinski definition) is 1. The fourth-order valence-corrected chi connectivity index (χ4v) is 2.46. The predicted molar refractivity (Wildman–Crippen MR) is 59.6 cm³/mol. The molecule has 0 saturated heterocycles. The Morgan fingerprint density at radius 2 is 2.12 bits per heavy atom. The number of aliphatic carboxylic acids is 1. The minimum atomic E-state index is -2.68. The van der Waals surface area contributed by atoms with E-state index >= 15 is 0 Å². The summed E-state index contributed by atoms with van der Waals surface area (Å²) in [5.74, 6) is -0.970. The van der Waals surface area contributed by atoms with Gasteiger partial charge in [0, 0.05) is 16.0 Å². The fraction of sp³-hybridized carbons (Fsp3) is 0.417. The average molecular weight is 261 g/mol. The van der Waals surface area contributed by atoms with E-state index < -0.39 is 17.8 Å². The monoisotopic (exact) mass is 260 g/mol. The molecule has 1 aromatic carbocycles. The first-order valence-electron chi connectivity index (χ1n) is 5.25. The Morgan fingerprint density at radius 1 is 1.47 bits per heavy atom. The number of rotatable bonds is 4. The molecule has 1 N–H and O–H groups in total. The van der Waals surface area contributed by atoms with Gasteiger partial charge in [-0.25, -0.2) is 8.78 Å². The van der Waals surface area contributed by atoms with Gasteiger partial charge in [-0.05, 0) is 24.5 Å². The summed E-state index contributed by atoms with van der Waals surface area (Å²) in [7, 11) is 0. The molecule has 1 saturated carbocycles. The van der Waals surface area contributed by atoms with Crippen molar-refractivity contribution in [2.24, 2.45) is 0 Å². The molecule has 5 heteroatoms. The van der Waals surface area contributed by atoms with Gasteiger partial charge in [-0.15, -0.1) is 0 Å². The van der Waals surface area contributed by atoms with Crippen LogP contribution in [-0.4, -0.2) is 11.1 Å². The highest BCUT2D eigenvalue weighted by atomic mass is 35.5. The summed E-state index contributed by atoms with van der Waals surface area (Å²) in [6.45, 7) is 0. The van der Waals surface area contributed by atoms with E-state index in [0.717, 1.165) is 0 Å². The summed E-state index contributed by atoms with van der Waals surface area (Å²) < 4.78 is 25.9. The second kappa shape index (κ2) is 4.26. The molecule has 2 rings (SSSR count). The number of carboxylic acids is 1. The standard InChI is InChI=1S/C12H11ClF2O2/c13-8-3-1-2-7(10(8)11(14)15)12(4-5-12)6-9(16)17/h1-3,11H,4-6H2,(H,16,17). The number of benzene rings is 1. The lowest BCUT2D eigenvalue weighted by Crippen LogP contribution is -2.15. The molecule has 0 aromatic heterocycles. The van der Waals surface area contributed by atoms with Gasteiger partial charge in [-0.1, -0.05) is 23.7 Å². The maximum Gasteiger partial charge on any atom is 0.304 e. The van der Waals surface area contributed by atoms with E-state index in [2.05, 4.69) is 0 Å². The third-order valence-corrected chi connectivity index (χ3v) is 3.52. The zero-order valence-corrected chi connectivity index (χ0v) is 9.68. The molecule has 1 fully saturated rings. The van der Waals surface area contributed by atoms with Gasteiger partial charge in [0.15, 0.2) is 0 Å². The molecule has 92 valence electrons. The summed E-state index contributed by atoms with van der Waals surface area (Å²) >= 11 is 5.77. The number of alkyl halides is 2. The average Bonchev–Trinajstić information content (AvgIpc) is 2.96. The topological polar surface area (TPSA) is 37.3 Å². The molecule has 0 amide bonds. The first kappa shape index (κ1) is 12.3. The quantitative estimate of drug-likeness (QED) is 0.894. The zero-order chi connectivity index (χ0) is 12.6. The number of halogens is 3. The SMILES string of the molecule is O=C(O)CC1(c2cccc(Cl)c2C(F)F)CC1. The highest BCUT2D eigenvalue weighted by Crippen LogP contribution is 2.54. The van der Waals surface area contributed by atoms with Crippen LogP contribution in [0.2, 0.25) is 5.02 Å². The van der Waals surface area contributed by atoms with Gasteiger partial charge in [0.25, 0.3) is 6.43 Å². The molecule has 0 aliphatic heterocycles. The molecule has 1 aromatic rings. The second-order valence-electron chi connectivity index (χ2n) is 4.35. The van der Waals surface area contributed by atoms with Gasteiger partial charge < -0.3 is 5.11 Å². The normalized spacial score (nSPS) is 17.2. The van der Waals surface area contributed by atoms with Crippen LogP contribution in [0, 0.1) is 0 Å². The lowest BCUT2D eigenvalue weighted by Gasteiger charge is -2.18. The van der Waals surface area contributed by atoms with Gasteiger partial charge in [0.05, 0.1) is 6.42 Å². The van der Waals surface area contributed by atoms with Crippen LogP contribution in [0.5, 0.6) is 0 Å². The van der Waals surface area contributed by atoms with E-state index in [0.29, 0.717) is 18.4 Å². The van der Waals surface area contributed by atoms with Gasteiger partial charge in [-0.2, -0.15) is 0 Å².